The number of carbonyl (C=O) groups excluding carboxylic acids is 5. The van der Waals surface area contributed by atoms with Crippen LogP contribution in [-0.4, -0.2) is 111 Å². The molecule has 2 aromatic rings. The number of esters is 5. The van der Waals surface area contributed by atoms with Gasteiger partial charge in [-0.3, -0.25) is 9.59 Å². The number of benzene rings is 2. The zero-order valence-corrected chi connectivity index (χ0v) is 31.9. The second kappa shape index (κ2) is 22.1. The van der Waals surface area contributed by atoms with E-state index < -0.39 is 59.1 Å². The number of carboxylic acids is 1. The minimum atomic E-state index is -1.40. The van der Waals surface area contributed by atoms with Crippen molar-refractivity contribution in [2.75, 3.05) is 47.1 Å². The number of rotatable bonds is 23. The summed E-state index contributed by atoms with van der Waals surface area (Å²) >= 11 is 0. The van der Waals surface area contributed by atoms with E-state index in [1.165, 1.54) is 38.5 Å². The van der Waals surface area contributed by atoms with Crippen LogP contribution in [0.25, 0.3) is 0 Å². The lowest BCUT2D eigenvalue weighted by molar-refractivity contribution is -0.175. The Bertz CT molecular complexity index is 1580. The van der Waals surface area contributed by atoms with Crippen LogP contribution < -0.4 is 20.1 Å². The van der Waals surface area contributed by atoms with E-state index in [9.17, 15) is 33.9 Å². The normalized spacial score (nSPS) is 13.3. The molecule has 0 spiro atoms. The summed E-state index contributed by atoms with van der Waals surface area (Å²) in [5.74, 6) is -5.36. The van der Waals surface area contributed by atoms with Gasteiger partial charge in [-0.05, 0) is 58.4 Å². The Morgan fingerprint density at radius 3 is 1.59 bits per heavy atom. The van der Waals surface area contributed by atoms with Gasteiger partial charge in [0.15, 0.2) is 0 Å². The van der Waals surface area contributed by atoms with E-state index >= 15 is 0 Å². The largest absolute Gasteiger partial charge is 0.489 e. The van der Waals surface area contributed by atoms with Crippen molar-refractivity contribution >= 4 is 35.8 Å². The van der Waals surface area contributed by atoms with Gasteiger partial charge in [0.2, 0.25) is 0 Å². The molecule has 0 amide bonds. The highest BCUT2D eigenvalue weighted by Crippen LogP contribution is 2.22. The molecule has 0 saturated carbocycles. The van der Waals surface area contributed by atoms with Crippen molar-refractivity contribution < 1.29 is 67.0 Å². The van der Waals surface area contributed by atoms with Crippen LogP contribution in [0.3, 0.4) is 0 Å². The maximum Gasteiger partial charge on any atom is 0.417 e. The summed E-state index contributed by atoms with van der Waals surface area (Å²) in [6.45, 7) is 8.03. The minimum Gasteiger partial charge on any atom is -0.489 e. The van der Waals surface area contributed by atoms with Crippen LogP contribution in [-0.2, 0) is 42.9 Å². The lowest BCUT2D eigenvalue weighted by atomic mass is 9.92. The van der Waals surface area contributed by atoms with E-state index in [0.29, 0.717) is 12.8 Å². The number of ether oxygens (including phenoxy) is 7. The standard InChI is InChI=1S/C38H52N2O14/c1-8-18-38(5,19-31(41)42)40-22-26(24-52-30-17-13-11-15-28(30)34(45)49-7)54-36(47)35(46)53-25(21-39-37(3,4)20-32(43)50-9-2)23-51-29-16-12-10-14-27(29)33(44)48-6/h10-17,25-26,39-40H,8-9,18-24H2,1-7H3,(H,41,42). The van der Waals surface area contributed by atoms with E-state index in [2.05, 4.69) is 10.6 Å². The zero-order valence-electron chi connectivity index (χ0n) is 31.9. The number of para-hydroxylation sites is 2. The molecule has 0 aliphatic heterocycles. The molecule has 0 aromatic heterocycles. The molecule has 2 aromatic carbocycles. The number of aliphatic carboxylic acids is 1. The number of hydrogen-bond acceptors (Lipinski definition) is 15. The van der Waals surface area contributed by atoms with Crippen molar-refractivity contribution in [1.29, 1.82) is 0 Å². The maximum absolute atomic E-state index is 13.3. The quantitative estimate of drug-likeness (QED) is 0.0841. The number of nitrogens with one attached hydrogen (secondary N) is 2. The van der Waals surface area contributed by atoms with Gasteiger partial charge in [0, 0.05) is 24.2 Å². The van der Waals surface area contributed by atoms with Crippen molar-refractivity contribution in [3.63, 3.8) is 0 Å². The molecule has 54 heavy (non-hydrogen) atoms. The summed E-state index contributed by atoms with van der Waals surface area (Å²) in [6.07, 6.45) is -1.48. The van der Waals surface area contributed by atoms with Gasteiger partial charge in [0.1, 0.15) is 48.0 Å². The van der Waals surface area contributed by atoms with Gasteiger partial charge < -0.3 is 48.9 Å². The molecule has 0 aliphatic rings. The fraction of sp³-hybridized carbons (Fsp3) is 0.526. The first-order valence-corrected chi connectivity index (χ1v) is 17.5. The third-order valence-corrected chi connectivity index (χ3v) is 7.95. The minimum absolute atomic E-state index is 0.0256. The molecule has 298 valence electrons. The Morgan fingerprint density at radius 1 is 0.704 bits per heavy atom. The number of hydrogen-bond donors (Lipinski definition) is 3. The van der Waals surface area contributed by atoms with Crippen molar-refractivity contribution in [2.45, 2.75) is 83.6 Å². The van der Waals surface area contributed by atoms with Crippen LogP contribution in [0.2, 0.25) is 0 Å². The summed E-state index contributed by atoms with van der Waals surface area (Å²) in [4.78, 5) is 75.0. The second-order valence-electron chi connectivity index (χ2n) is 13.2. The topological polar surface area (TPSA) is 211 Å². The molecular weight excluding hydrogens is 708 g/mol. The maximum atomic E-state index is 13.3. The molecule has 0 bridgehead atoms. The highest BCUT2D eigenvalue weighted by atomic mass is 16.6. The van der Waals surface area contributed by atoms with Gasteiger partial charge in [0.25, 0.3) is 0 Å². The highest BCUT2D eigenvalue weighted by Gasteiger charge is 2.32. The monoisotopic (exact) mass is 760 g/mol. The SMILES string of the molecule is CCCC(C)(CC(=O)O)NCC(COc1ccccc1C(=O)OC)OC(=O)C(=O)OC(CNC(C)(C)CC(=O)OCC)COc1ccccc1C(=O)OC. The second-order valence-corrected chi connectivity index (χ2v) is 13.2. The van der Waals surface area contributed by atoms with Gasteiger partial charge >= 0.3 is 35.8 Å². The Labute approximate surface area is 315 Å². The molecule has 0 heterocycles. The van der Waals surface area contributed by atoms with Crippen molar-refractivity contribution in [3.05, 3.63) is 59.7 Å². The van der Waals surface area contributed by atoms with Crippen LogP contribution >= 0.6 is 0 Å². The molecule has 0 radical (unpaired) electrons. The first-order chi connectivity index (χ1) is 25.6. The Balaban J connectivity index is 2.31. The van der Waals surface area contributed by atoms with Crippen LogP contribution in [0, 0.1) is 0 Å². The summed E-state index contributed by atoms with van der Waals surface area (Å²) in [5, 5.41) is 15.8. The van der Waals surface area contributed by atoms with E-state index in [1.807, 2.05) is 6.92 Å². The Hall–Kier alpha value is -5.22. The zero-order chi connectivity index (χ0) is 40.3. The van der Waals surface area contributed by atoms with Gasteiger partial charge in [-0.25, -0.2) is 19.2 Å². The lowest BCUT2D eigenvalue weighted by Gasteiger charge is -2.31. The predicted molar refractivity (Wildman–Crippen MR) is 193 cm³/mol. The molecule has 0 fully saturated rings. The van der Waals surface area contributed by atoms with E-state index in [-0.39, 0.29) is 68.4 Å². The summed E-state index contributed by atoms with van der Waals surface area (Å²) in [5.41, 5.74) is -1.52. The number of methoxy groups -OCH3 is 2. The Kier molecular flexibility index (Phi) is 18.4. The summed E-state index contributed by atoms with van der Waals surface area (Å²) < 4.78 is 37.5. The molecule has 3 unspecified atom stereocenters. The third-order valence-electron chi connectivity index (χ3n) is 7.95. The molecule has 2 rings (SSSR count). The lowest BCUT2D eigenvalue weighted by Crippen LogP contribution is -2.50. The van der Waals surface area contributed by atoms with Crippen molar-refractivity contribution in [2.24, 2.45) is 0 Å². The molecular formula is C38H52N2O14. The first-order valence-electron chi connectivity index (χ1n) is 17.5. The molecule has 16 heteroatoms. The average Bonchev–Trinajstić information content (AvgIpc) is 3.12. The fourth-order valence-corrected chi connectivity index (χ4v) is 5.29. The summed E-state index contributed by atoms with van der Waals surface area (Å²) in [6, 6.07) is 12.5. The van der Waals surface area contributed by atoms with E-state index in [4.69, 9.17) is 33.2 Å². The van der Waals surface area contributed by atoms with Crippen molar-refractivity contribution in [1.82, 2.24) is 10.6 Å². The molecule has 3 atom stereocenters. The number of carboxylic acid groups (broad SMARTS) is 1. The molecule has 0 aliphatic carbocycles. The van der Waals surface area contributed by atoms with Crippen LogP contribution in [0.4, 0.5) is 0 Å². The van der Waals surface area contributed by atoms with Crippen molar-refractivity contribution in [3.8, 4) is 11.5 Å². The highest BCUT2D eigenvalue weighted by molar-refractivity contribution is 6.29. The average molecular weight is 761 g/mol. The molecule has 0 saturated heterocycles. The van der Waals surface area contributed by atoms with Crippen LogP contribution in [0.5, 0.6) is 11.5 Å². The van der Waals surface area contributed by atoms with Gasteiger partial charge in [-0.2, -0.15) is 0 Å². The van der Waals surface area contributed by atoms with E-state index in [1.54, 1.807) is 52.0 Å². The van der Waals surface area contributed by atoms with Gasteiger partial charge in [-0.1, -0.05) is 37.6 Å². The smallest absolute Gasteiger partial charge is 0.417 e. The first kappa shape index (κ1) is 44.9. The number of carbonyl (C=O) groups is 6. The van der Waals surface area contributed by atoms with Crippen LogP contribution in [0.15, 0.2) is 48.5 Å². The van der Waals surface area contributed by atoms with Gasteiger partial charge in [-0.15, -0.1) is 0 Å². The van der Waals surface area contributed by atoms with Gasteiger partial charge in [0.05, 0.1) is 33.7 Å². The molecule has 3 N–H and O–H groups in total. The summed E-state index contributed by atoms with van der Waals surface area (Å²) in [7, 11) is 2.43. The Morgan fingerprint density at radius 2 is 1.17 bits per heavy atom. The van der Waals surface area contributed by atoms with Crippen LogP contribution in [0.1, 0.15) is 81.0 Å². The molecule has 16 nitrogen and oxygen atoms in total. The predicted octanol–water partition coefficient (Wildman–Crippen LogP) is 3.49. The fourth-order valence-electron chi connectivity index (χ4n) is 5.29. The third kappa shape index (κ3) is 15.4. The van der Waals surface area contributed by atoms with E-state index in [0.717, 1.165) is 0 Å².